The maximum absolute atomic E-state index is 13.0. The van der Waals surface area contributed by atoms with Gasteiger partial charge in [-0.1, -0.05) is 43.3 Å². The summed E-state index contributed by atoms with van der Waals surface area (Å²) in [6, 6.07) is 12.3. The van der Waals surface area contributed by atoms with Gasteiger partial charge in [0.25, 0.3) is 0 Å². The van der Waals surface area contributed by atoms with Crippen molar-refractivity contribution in [3.05, 3.63) is 69.9 Å². The van der Waals surface area contributed by atoms with Gasteiger partial charge < -0.3 is 10.6 Å². The first-order chi connectivity index (χ1) is 14.1. The van der Waals surface area contributed by atoms with Crippen LogP contribution >= 0.6 is 11.3 Å². The highest BCUT2D eigenvalue weighted by atomic mass is 32.1. The van der Waals surface area contributed by atoms with Gasteiger partial charge in [0.1, 0.15) is 5.78 Å². The third kappa shape index (κ3) is 4.07. The molecule has 2 N–H and O–H groups in total. The van der Waals surface area contributed by atoms with Gasteiger partial charge in [-0.3, -0.25) is 9.59 Å². The maximum Gasteiger partial charge on any atom is 0.247 e. The molecule has 152 valence electrons. The summed E-state index contributed by atoms with van der Waals surface area (Å²) in [5.41, 5.74) is 8.71. The van der Waals surface area contributed by atoms with Crippen molar-refractivity contribution in [3.63, 3.8) is 0 Å². The molecular weight excluding hydrogens is 380 g/mol. The van der Waals surface area contributed by atoms with Gasteiger partial charge in [-0.15, -0.1) is 11.3 Å². The molecule has 2 aliphatic rings. The van der Waals surface area contributed by atoms with E-state index in [0.717, 1.165) is 24.1 Å². The molecule has 1 amide bonds. The molecule has 29 heavy (non-hydrogen) atoms. The fourth-order valence-corrected chi connectivity index (χ4v) is 5.43. The van der Waals surface area contributed by atoms with Crippen LogP contribution in [0.3, 0.4) is 0 Å². The molecule has 1 saturated heterocycles. The number of nitrogens with two attached hydrogens (primary N) is 1. The number of rotatable bonds is 8. The molecule has 0 unspecified atom stereocenters. The largest absolute Gasteiger partial charge is 0.325 e. The number of Topliss-reactive ketones (excluding diaryl/α,β-unsaturated/α-hetero) is 1. The predicted octanol–water partition coefficient (Wildman–Crippen LogP) is 4.58. The molecule has 4 atom stereocenters. The molecule has 4 rings (SSSR count). The van der Waals surface area contributed by atoms with Gasteiger partial charge >= 0.3 is 0 Å². The van der Waals surface area contributed by atoms with Crippen LogP contribution in [0.25, 0.3) is 0 Å². The first kappa shape index (κ1) is 20.0. The van der Waals surface area contributed by atoms with E-state index in [9.17, 15) is 9.59 Å². The molecule has 4 nitrogen and oxygen atoms in total. The number of allylic oxidation sites excluding steroid dienone is 1. The second-order valence-corrected chi connectivity index (χ2v) is 9.10. The summed E-state index contributed by atoms with van der Waals surface area (Å²) in [4.78, 5) is 28.7. The molecule has 2 aliphatic heterocycles. The summed E-state index contributed by atoms with van der Waals surface area (Å²) in [6.07, 6.45) is 7.46. The highest BCUT2D eigenvalue weighted by molar-refractivity contribution is 7.09. The zero-order valence-corrected chi connectivity index (χ0v) is 17.6. The number of ketones is 1. The van der Waals surface area contributed by atoms with Gasteiger partial charge in [-0.25, -0.2) is 0 Å². The van der Waals surface area contributed by atoms with Crippen molar-refractivity contribution < 1.29 is 9.59 Å². The average Bonchev–Trinajstić information content (AvgIpc) is 3.46. The first-order valence-corrected chi connectivity index (χ1v) is 11.4. The molecule has 2 bridgehead atoms. The van der Waals surface area contributed by atoms with Gasteiger partial charge in [0.15, 0.2) is 0 Å². The van der Waals surface area contributed by atoms with Crippen molar-refractivity contribution in [1.82, 2.24) is 4.90 Å². The minimum atomic E-state index is -0.476. The van der Waals surface area contributed by atoms with E-state index < -0.39 is 6.04 Å². The Hall–Kier alpha value is -2.24. The van der Waals surface area contributed by atoms with E-state index >= 15 is 0 Å². The quantitative estimate of drug-likeness (QED) is 0.651. The summed E-state index contributed by atoms with van der Waals surface area (Å²) in [7, 11) is 0. The fraction of sp³-hybridized carbons (Fsp3) is 0.417. The molecule has 1 aromatic heterocycles. The molecule has 3 heterocycles. The third-order valence-electron chi connectivity index (χ3n) is 6.27. The molecule has 0 radical (unpaired) electrons. The lowest BCUT2D eigenvalue weighted by Crippen LogP contribution is -2.33. The van der Waals surface area contributed by atoms with Gasteiger partial charge in [0.05, 0.1) is 18.1 Å². The van der Waals surface area contributed by atoms with Gasteiger partial charge in [0, 0.05) is 17.7 Å². The Kier molecular flexibility index (Phi) is 5.97. The van der Waals surface area contributed by atoms with Gasteiger partial charge in [-0.2, -0.15) is 0 Å². The van der Waals surface area contributed by atoms with Crippen LogP contribution < -0.4 is 5.73 Å². The van der Waals surface area contributed by atoms with E-state index in [0.29, 0.717) is 12.8 Å². The Bertz CT molecular complexity index is 874. The molecule has 2 aromatic rings. The fourth-order valence-electron chi connectivity index (χ4n) is 4.67. The van der Waals surface area contributed by atoms with Crippen LogP contribution in [-0.2, 0) is 16.0 Å². The number of hydrogen-bond donors (Lipinski definition) is 1. The van der Waals surface area contributed by atoms with E-state index in [2.05, 4.69) is 24.3 Å². The number of fused-ring (bicyclic) bond motifs is 5. The molecule has 5 heteroatoms. The molecule has 0 aliphatic carbocycles. The number of benzene rings is 1. The predicted molar refractivity (Wildman–Crippen MR) is 117 cm³/mol. The highest BCUT2D eigenvalue weighted by Crippen LogP contribution is 2.52. The van der Waals surface area contributed by atoms with Crippen LogP contribution in [0.1, 0.15) is 60.7 Å². The van der Waals surface area contributed by atoms with E-state index in [1.807, 2.05) is 35.4 Å². The van der Waals surface area contributed by atoms with Crippen molar-refractivity contribution in [2.45, 2.75) is 57.2 Å². The van der Waals surface area contributed by atoms with Crippen molar-refractivity contribution in [2.24, 2.45) is 11.7 Å². The Morgan fingerprint density at radius 3 is 2.45 bits per heavy atom. The summed E-state index contributed by atoms with van der Waals surface area (Å²) in [6.45, 7) is 2.05. The van der Waals surface area contributed by atoms with Crippen molar-refractivity contribution >= 4 is 23.0 Å². The molecule has 1 aromatic carbocycles. The average molecular weight is 409 g/mol. The van der Waals surface area contributed by atoms with E-state index in [4.69, 9.17) is 5.73 Å². The van der Waals surface area contributed by atoms with Crippen LogP contribution in [0, 0.1) is 5.92 Å². The Labute approximate surface area is 176 Å². The minimum absolute atomic E-state index is 0.0449. The zero-order chi connectivity index (χ0) is 20.4. The van der Waals surface area contributed by atoms with Gasteiger partial charge in [-0.05, 0) is 53.8 Å². The van der Waals surface area contributed by atoms with E-state index in [-0.39, 0.29) is 29.7 Å². The molecule has 1 fully saturated rings. The summed E-state index contributed by atoms with van der Waals surface area (Å²) in [5.74, 6) is 0.168. The lowest BCUT2D eigenvalue weighted by Gasteiger charge is -2.21. The molecule has 0 saturated carbocycles. The second-order valence-electron chi connectivity index (χ2n) is 8.07. The monoisotopic (exact) mass is 408 g/mol. The zero-order valence-electron chi connectivity index (χ0n) is 16.8. The van der Waals surface area contributed by atoms with Crippen LogP contribution in [0.2, 0.25) is 0 Å². The number of thiophene rings is 1. The van der Waals surface area contributed by atoms with E-state index in [1.165, 1.54) is 11.1 Å². The Morgan fingerprint density at radius 2 is 1.86 bits per heavy atom. The lowest BCUT2D eigenvalue weighted by molar-refractivity contribution is -0.128. The number of nitrogens with zero attached hydrogens (tertiary/aromatic N) is 1. The van der Waals surface area contributed by atoms with Crippen molar-refractivity contribution in [3.8, 4) is 0 Å². The standard InChI is InChI=1S/C24H28N2O2S/c1-2-16(14-23(27)20(25)15-17-6-5-13-29-17)9-12-24(28)26-21-10-11-22(26)19-8-4-3-7-18(19)21/h3-9,12-13,16,20-22H,2,10-11,14-15,25H2,1H3/b12-9+/t16-,20-,21-,22+/m0/s1. The lowest BCUT2D eigenvalue weighted by atomic mass is 9.92. The first-order valence-electron chi connectivity index (χ1n) is 10.5. The van der Waals surface area contributed by atoms with Gasteiger partial charge in [0.2, 0.25) is 5.91 Å². The normalized spacial score (nSPS) is 22.1. The SMILES string of the molecule is CC[C@@H](/C=C/C(=O)N1[C@@H]2CC[C@H]1c1ccccc12)CC(=O)[C@@H](N)Cc1cccs1. The van der Waals surface area contributed by atoms with Crippen molar-refractivity contribution in [1.29, 1.82) is 0 Å². The summed E-state index contributed by atoms with van der Waals surface area (Å²) >= 11 is 1.63. The Balaban J connectivity index is 1.36. The Morgan fingerprint density at radius 1 is 1.17 bits per heavy atom. The van der Waals surface area contributed by atoms with E-state index in [1.54, 1.807) is 17.4 Å². The molecular formula is C24H28N2O2S. The van der Waals surface area contributed by atoms with Crippen molar-refractivity contribution in [2.75, 3.05) is 0 Å². The number of carbonyl (C=O) groups excluding carboxylic acids is 2. The summed E-state index contributed by atoms with van der Waals surface area (Å²) in [5, 5.41) is 2.00. The maximum atomic E-state index is 13.0. The number of amides is 1. The van der Waals surface area contributed by atoms with Crippen LogP contribution in [0.5, 0.6) is 0 Å². The summed E-state index contributed by atoms with van der Waals surface area (Å²) < 4.78 is 0. The number of hydrogen-bond acceptors (Lipinski definition) is 4. The molecule has 0 spiro atoms. The van der Waals surface area contributed by atoms with Crippen LogP contribution in [0.4, 0.5) is 0 Å². The minimum Gasteiger partial charge on any atom is -0.325 e. The van der Waals surface area contributed by atoms with Crippen LogP contribution in [0.15, 0.2) is 53.9 Å². The topological polar surface area (TPSA) is 63.4 Å². The highest BCUT2D eigenvalue weighted by Gasteiger charge is 2.45. The number of carbonyl (C=O) groups is 2. The smallest absolute Gasteiger partial charge is 0.247 e. The second kappa shape index (κ2) is 8.64. The third-order valence-corrected chi connectivity index (χ3v) is 7.17. The van der Waals surface area contributed by atoms with Crippen LogP contribution in [-0.4, -0.2) is 22.6 Å².